The lowest BCUT2D eigenvalue weighted by Gasteiger charge is -2.24. The summed E-state index contributed by atoms with van der Waals surface area (Å²) in [6.07, 6.45) is -6.90. The molecular formula is C17H17F6N3O4. The Balaban J connectivity index is 2.03. The third-order valence-electron chi connectivity index (χ3n) is 4.27. The third-order valence-corrected chi connectivity index (χ3v) is 4.27. The largest absolute Gasteiger partial charge is 0.486 e. The summed E-state index contributed by atoms with van der Waals surface area (Å²) in [5.41, 5.74) is -0.258. The number of amides is 3. The molecule has 2 rings (SSSR count). The number of carbonyl (C=O) groups is 3. The number of rotatable bonds is 5. The molecule has 0 saturated heterocycles. The Morgan fingerprint density at radius 3 is 2.43 bits per heavy atom. The van der Waals surface area contributed by atoms with Gasteiger partial charge in [-0.15, -0.1) is 0 Å². The number of benzene rings is 1. The Morgan fingerprint density at radius 2 is 1.83 bits per heavy atom. The van der Waals surface area contributed by atoms with Crippen LogP contribution in [0.2, 0.25) is 0 Å². The zero-order valence-electron chi connectivity index (χ0n) is 15.6. The molecule has 13 heteroatoms. The molecule has 7 nitrogen and oxygen atoms in total. The number of nitrogens with one attached hydrogen (secondary N) is 3. The van der Waals surface area contributed by atoms with Gasteiger partial charge in [-0.3, -0.25) is 14.4 Å². The molecule has 1 aromatic rings. The van der Waals surface area contributed by atoms with Crippen molar-refractivity contribution in [1.82, 2.24) is 10.6 Å². The predicted octanol–water partition coefficient (Wildman–Crippen LogP) is 1.98. The van der Waals surface area contributed by atoms with Crippen molar-refractivity contribution in [2.75, 3.05) is 11.9 Å². The number of para-hydroxylation sites is 1. The highest BCUT2D eigenvalue weighted by molar-refractivity contribution is 6.04. The zero-order chi connectivity index (χ0) is 22.9. The maximum Gasteiger partial charge on any atom is 0.455 e. The number of carbonyl (C=O) groups excluding carboxylic acids is 3. The summed E-state index contributed by atoms with van der Waals surface area (Å²) in [6.45, 7) is 0.273. The minimum Gasteiger partial charge on any atom is -0.486 e. The Hall–Kier alpha value is -2.99. The van der Waals surface area contributed by atoms with Crippen LogP contribution in [0, 0.1) is 11.7 Å². The van der Waals surface area contributed by atoms with Crippen molar-refractivity contribution >= 4 is 23.4 Å². The highest BCUT2D eigenvalue weighted by Gasteiger charge is 2.57. The first-order chi connectivity index (χ1) is 13.7. The van der Waals surface area contributed by atoms with Crippen molar-refractivity contribution in [1.29, 1.82) is 0 Å². The van der Waals surface area contributed by atoms with Gasteiger partial charge < -0.3 is 20.7 Å². The van der Waals surface area contributed by atoms with Gasteiger partial charge in [-0.25, -0.2) is 4.39 Å². The molecule has 1 heterocycles. The average Bonchev–Trinajstić information content (AvgIpc) is 2.76. The van der Waals surface area contributed by atoms with Gasteiger partial charge in [-0.2, -0.15) is 22.0 Å². The van der Waals surface area contributed by atoms with E-state index in [-0.39, 0.29) is 11.4 Å². The van der Waals surface area contributed by atoms with Crippen molar-refractivity contribution in [3.05, 3.63) is 24.0 Å². The van der Waals surface area contributed by atoms with Crippen LogP contribution < -0.4 is 20.7 Å². The molecule has 1 aromatic carbocycles. The van der Waals surface area contributed by atoms with Gasteiger partial charge in [-0.1, -0.05) is 6.07 Å². The molecule has 1 aliphatic heterocycles. The van der Waals surface area contributed by atoms with E-state index in [1.165, 1.54) is 24.4 Å². The number of hydrogen-bond donors (Lipinski definition) is 3. The number of alkyl halides is 5. The van der Waals surface area contributed by atoms with E-state index in [4.69, 9.17) is 4.74 Å². The fraction of sp³-hybridized carbons (Fsp3) is 0.471. The van der Waals surface area contributed by atoms with Gasteiger partial charge in [0.15, 0.2) is 5.82 Å². The Bertz CT molecular complexity index is 845. The van der Waals surface area contributed by atoms with Crippen molar-refractivity contribution in [3.8, 4) is 5.75 Å². The monoisotopic (exact) mass is 441 g/mol. The molecule has 3 atom stereocenters. The van der Waals surface area contributed by atoms with Crippen molar-refractivity contribution in [3.63, 3.8) is 0 Å². The second-order valence-electron chi connectivity index (χ2n) is 6.55. The Kier molecular flexibility index (Phi) is 6.52. The van der Waals surface area contributed by atoms with Gasteiger partial charge in [0.25, 0.3) is 5.91 Å². The zero-order valence-corrected chi connectivity index (χ0v) is 15.6. The first-order valence-corrected chi connectivity index (χ1v) is 8.53. The molecule has 0 aromatic heterocycles. The lowest BCUT2D eigenvalue weighted by molar-refractivity contribution is -0.278. The van der Waals surface area contributed by atoms with E-state index in [0.717, 1.165) is 13.0 Å². The van der Waals surface area contributed by atoms with Gasteiger partial charge in [0.1, 0.15) is 29.5 Å². The maximum absolute atomic E-state index is 13.9. The summed E-state index contributed by atoms with van der Waals surface area (Å²) in [5, 5.41) is 5.73. The van der Waals surface area contributed by atoms with Gasteiger partial charge in [0, 0.05) is 0 Å². The van der Waals surface area contributed by atoms with Gasteiger partial charge in [-0.05, 0) is 26.0 Å². The van der Waals surface area contributed by atoms with Crippen molar-refractivity contribution in [2.24, 2.45) is 5.92 Å². The minimum absolute atomic E-state index is 0.00669. The van der Waals surface area contributed by atoms with Crippen LogP contribution in [0.4, 0.5) is 32.0 Å². The number of fused-ring (bicyclic) bond motifs is 1. The van der Waals surface area contributed by atoms with Crippen LogP contribution in [0.5, 0.6) is 5.75 Å². The van der Waals surface area contributed by atoms with Crippen LogP contribution in [0.3, 0.4) is 0 Å². The molecule has 1 unspecified atom stereocenters. The van der Waals surface area contributed by atoms with Crippen LogP contribution in [-0.2, 0) is 14.4 Å². The molecule has 30 heavy (non-hydrogen) atoms. The van der Waals surface area contributed by atoms with E-state index in [9.17, 15) is 40.7 Å². The van der Waals surface area contributed by atoms with Crippen molar-refractivity contribution in [2.45, 2.75) is 38.1 Å². The lowest BCUT2D eigenvalue weighted by atomic mass is 10.1. The highest BCUT2D eigenvalue weighted by atomic mass is 19.4. The summed E-state index contributed by atoms with van der Waals surface area (Å²) in [6, 6.07) is 2.36. The molecule has 0 saturated carbocycles. The summed E-state index contributed by atoms with van der Waals surface area (Å²) >= 11 is 0. The fourth-order valence-electron chi connectivity index (χ4n) is 2.44. The van der Waals surface area contributed by atoms with Crippen LogP contribution in [-0.4, -0.2) is 48.5 Å². The molecule has 0 spiro atoms. The van der Waals surface area contributed by atoms with E-state index in [1.54, 1.807) is 0 Å². The van der Waals surface area contributed by atoms with E-state index < -0.39 is 60.2 Å². The third kappa shape index (κ3) is 4.94. The average molecular weight is 441 g/mol. The number of anilines is 1. The molecular weight excluding hydrogens is 424 g/mol. The molecule has 3 amide bonds. The standard InChI is InChI=1S/C17H17F6N3O4/c1-7(13(27)24-6-16(19,20)17(21,22)23)14(28)25-11-8(2)30-10-5-3-4-9(18)12(10)26-15(11)29/h3-5,7-8,11H,6H2,1-2H3,(H,24,27)(H,25,28)(H,26,29)/t7?,8-,11+/m1/s1. The molecule has 166 valence electrons. The first-order valence-electron chi connectivity index (χ1n) is 8.53. The maximum atomic E-state index is 13.9. The number of halogens is 6. The van der Waals surface area contributed by atoms with E-state index in [0.29, 0.717) is 0 Å². The molecule has 1 aliphatic rings. The minimum atomic E-state index is -5.87. The quantitative estimate of drug-likeness (QED) is 0.481. The smallest absolute Gasteiger partial charge is 0.455 e. The molecule has 0 aliphatic carbocycles. The SMILES string of the molecule is CC(C(=O)NCC(F)(F)C(F)(F)F)C(=O)N[C@@H]1C(=O)Nc2c(F)cccc2O[C@@H]1C. The van der Waals surface area contributed by atoms with E-state index in [1.807, 2.05) is 0 Å². The number of hydrogen-bond acceptors (Lipinski definition) is 4. The molecule has 0 bridgehead atoms. The van der Waals surface area contributed by atoms with E-state index in [2.05, 4.69) is 10.6 Å². The lowest BCUT2D eigenvalue weighted by Crippen LogP contribution is -2.54. The van der Waals surface area contributed by atoms with Gasteiger partial charge >= 0.3 is 12.1 Å². The summed E-state index contributed by atoms with van der Waals surface area (Å²) in [4.78, 5) is 36.4. The second kappa shape index (κ2) is 8.40. The molecule has 3 N–H and O–H groups in total. The normalized spacial score (nSPS) is 20.2. The Labute approximate surface area is 166 Å². The van der Waals surface area contributed by atoms with Crippen LogP contribution in [0.15, 0.2) is 18.2 Å². The van der Waals surface area contributed by atoms with Crippen molar-refractivity contribution < 1.29 is 45.5 Å². The van der Waals surface area contributed by atoms with Crippen LogP contribution >= 0.6 is 0 Å². The summed E-state index contributed by atoms with van der Waals surface area (Å²) < 4.78 is 81.5. The van der Waals surface area contributed by atoms with Crippen LogP contribution in [0.25, 0.3) is 0 Å². The summed E-state index contributed by atoms with van der Waals surface area (Å²) in [5.74, 6) is -11.1. The fourth-order valence-corrected chi connectivity index (χ4v) is 2.44. The Morgan fingerprint density at radius 1 is 1.20 bits per heavy atom. The second-order valence-corrected chi connectivity index (χ2v) is 6.55. The molecule has 0 radical (unpaired) electrons. The highest BCUT2D eigenvalue weighted by Crippen LogP contribution is 2.34. The number of ether oxygens (including phenoxy) is 1. The predicted molar refractivity (Wildman–Crippen MR) is 90.2 cm³/mol. The van der Waals surface area contributed by atoms with Gasteiger partial charge in [0.05, 0.1) is 6.54 Å². The topological polar surface area (TPSA) is 96.5 Å². The van der Waals surface area contributed by atoms with Gasteiger partial charge in [0.2, 0.25) is 11.8 Å². The summed E-state index contributed by atoms with van der Waals surface area (Å²) in [7, 11) is 0. The van der Waals surface area contributed by atoms with Crippen LogP contribution in [0.1, 0.15) is 13.8 Å². The first kappa shape index (κ1) is 23.3. The molecule has 0 fully saturated rings. The van der Waals surface area contributed by atoms with E-state index >= 15 is 0 Å².